The van der Waals surface area contributed by atoms with Crippen molar-refractivity contribution in [2.45, 2.75) is 12.5 Å². The molecule has 0 saturated carbocycles. The van der Waals surface area contributed by atoms with Gasteiger partial charge in [0.2, 0.25) is 0 Å². The average molecular weight is 346 g/mol. The average Bonchev–Trinajstić information content (AvgIpc) is 2.92. The second-order valence-electron chi connectivity index (χ2n) is 5.46. The molecular weight excluding hydrogens is 326 g/mol. The number of nitrogens with zero attached hydrogens (tertiary/aromatic N) is 1. The first-order chi connectivity index (χ1) is 10.4. The van der Waals surface area contributed by atoms with E-state index in [0.29, 0.717) is 5.92 Å². The van der Waals surface area contributed by atoms with Crippen LogP contribution in [0, 0.1) is 0 Å². The Bertz CT molecular complexity index is 572. The van der Waals surface area contributed by atoms with Gasteiger partial charge in [0.05, 0.1) is 6.61 Å². The fraction of sp³-hybridized carbons (Fsp3) is 0.333. The lowest BCUT2D eigenvalue weighted by Crippen LogP contribution is -2.30. The number of alkyl halides is 1. The first-order valence-corrected chi connectivity index (χ1v) is 8.53. The van der Waals surface area contributed by atoms with Gasteiger partial charge in [-0.25, -0.2) is 0 Å². The van der Waals surface area contributed by atoms with E-state index in [1.54, 1.807) is 0 Å². The molecule has 1 unspecified atom stereocenters. The van der Waals surface area contributed by atoms with E-state index in [-0.39, 0.29) is 0 Å². The van der Waals surface area contributed by atoms with Crippen LogP contribution >= 0.6 is 15.9 Å². The van der Waals surface area contributed by atoms with Crippen LogP contribution in [-0.2, 0) is 6.54 Å². The molecule has 1 aliphatic rings. The summed E-state index contributed by atoms with van der Waals surface area (Å²) in [4.78, 5) is 2.50. The second kappa shape index (κ2) is 7.10. The van der Waals surface area contributed by atoms with Gasteiger partial charge in [-0.15, -0.1) is 0 Å². The van der Waals surface area contributed by atoms with E-state index >= 15 is 0 Å². The normalized spacial score (nSPS) is 16.8. The van der Waals surface area contributed by atoms with Crippen molar-refractivity contribution in [3.05, 3.63) is 65.7 Å². The van der Waals surface area contributed by atoms with Crippen molar-refractivity contribution in [2.24, 2.45) is 0 Å². The standard InChI is InChI=1S/C18H20BrNO/c19-10-11-20(12-15-6-2-1-3-7-15)13-16-14-21-18-9-5-4-8-17(16)18/h1-9,16H,10-14H2. The summed E-state index contributed by atoms with van der Waals surface area (Å²) in [7, 11) is 0. The zero-order chi connectivity index (χ0) is 14.5. The van der Waals surface area contributed by atoms with Crippen molar-refractivity contribution >= 4 is 15.9 Å². The van der Waals surface area contributed by atoms with E-state index in [9.17, 15) is 0 Å². The lowest BCUT2D eigenvalue weighted by atomic mass is 10.0. The van der Waals surface area contributed by atoms with E-state index < -0.39 is 0 Å². The summed E-state index contributed by atoms with van der Waals surface area (Å²) in [5, 5.41) is 0.995. The third-order valence-electron chi connectivity index (χ3n) is 3.93. The van der Waals surface area contributed by atoms with Crippen LogP contribution < -0.4 is 4.74 Å². The van der Waals surface area contributed by atoms with Gasteiger partial charge in [-0.2, -0.15) is 0 Å². The summed E-state index contributed by atoms with van der Waals surface area (Å²) in [6, 6.07) is 19.1. The molecule has 3 rings (SSSR count). The lowest BCUT2D eigenvalue weighted by molar-refractivity contribution is 0.237. The van der Waals surface area contributed by atoms with E-state index in [0.717, 1.165) is 37.3 Å². The highest BCUT2D eigenvalue weighted by Crippen LogP contribution is 2.34. The van der Waals surface area contributed by atoms with E-state index in [1.165, 1.54) is 11.1 Å². The van der Waals surface area contributed by atoms with Crippen LogP contribution in [0.2, 0.25) is 0 Å². The Morgan fingerprint density at radius 2 is 1.81 bits per heavy atom. The number of benzene rings is 2. The molecule has 110 valence electrons. The summed E-state index contributed by atoms with van der Waals surface area (Å²) < 4.78 is 5.80. The molecular formula is C18H20BrNO. The van der Waals surface area contributed by atoms with Crippen LogP contribution in [0.25, 0.3) is 0 Å². The molecule has 0 radical (unpaired) electrons. The third kappa shape index (κ3) is 3.66. The Morgan fingerprint density at radius 3 is 2.62 bits per heavy atom. The molecule has 3 heteroatoms. The Hall–Kier alpha value is -1.32. The van der Waals surface area contributed by atoms with Crippen molar-refractivity contribution < 1.29 is 4.74 Å². The summed E-state index contributed by atoms with van der Waals surface area (Å²) in [5.74, 6) is 1.53. The molecule has 1 heterocycles. The van der Waals surface area contributed by atoms with Gasteiger partial charge >= 0.3 is 0 Å². The Morgan fingerprint density at radius 1 is 1.05 bits per heavy atom. The highest BCUT2D eigenvalue weighted by atomic mass is 79.9. The maximum Gasteiger partial charge on any atom is 0.122 e. The van der Waals surface area contributed by atoms with Gasteiger partial charge in [-0.05, 0) is 11.6 Å². The summed E-state index contributed by atoms with van der Waals surface area (Å²) in [6.45, 7) is 3.88. The fourth-order valence-corrected chi connectivity index (χ4v) is 3.39. The molecule has 0 aromatic heterocycles. The number of hydrogen-bond donors (Lipinski definition) is 0. The fourth-order valence-electron chi connectivity index (χ4n) is 2.89. The Labute approximate surface area is 134 Å². The SMILES string of the molecule is BrCCN(Cc1ccccc1)CC1COc2ccccc21. The minimum Gasteiger partial charge on any atom is -0.493 e. The van der Waals surface area contributed by atoms with Gasteiger partial charge in [-0.3, -0.25) is 4.90 Å². The van der Waals surface area contributed by atoms with Crippen LogP contribution in [0.1, 0.15) is 17.0 Å². The number of ether oxygens (including phenoxy) is 1. The van der Waals surface area contributed by atoms with Gasteiger partial charge < -0.3 is 4.74 Å². The number of para-hydroxylation sites is 1. The van der Waals surface area contributed by atoms with Gasteiger partial charge in [0.1, 0.15) is 5.75 Å². The largest absolute Gasteiger partial charge is 0.493 e. The zero-order valence-corrected chi connectivity index (χ0v) is 13.6. The molecule has 0 fully saturated rings. The monoisotopic (exact) mass is 345 g/mol. The van der Waals surface area contributed by atoms with Crippen LogP contribution in [0.3, 0.4) is 0 Å². The topological polar surface area (TPSA) is 12.5 Å². The molecule has 21 heavy (non-hydrogen) atoms. The highest BCUT2D eigenvalue weighted by Gasteiger charge is 2.25. The molecule has 0 saturated heterocycles. The zero-order valence-electron chi connectivity index (χ0n) is 12.0. The van der Waals surface area contributed by atoms with Crippen molar-refractivity contribution in [1.29, 1.82) is 0 Å². The van der Waals surface area contributed by atoms with Crippen LogP contribution in [0.15, 0.2) is 54.6 Å². The summed E-state index contributed by atoms with van der Waals surface area (Å²) >= 11 is 3.57. The molecule has 2 aromatic carbocycles. The Balaban J connectivity index is 1.68. The maximum absolute atomic E-state index is 5.80. The van der Waals surface area contributed by atoms with Crippen LogP contribution in [0.5, 0.6) is 5.75 Å². The molecule has 0 N–H and O–H groups in total. The first-order valence-electron chi connectivity index (χ1n) is 7.41. The molecule has 0 aliphatic carbocycles. The van der Waals surface area contributed by atoms with Crippen molar-refractivity contribution in [1.82, 2.24) is 4.90 Å². The van der Waals surface area contributed by atoms with Crippen molar-refractivity contribution in [3.63, 3.8) is 0 Å². The number of halogens is 1. The minimum absolute atomic E-state index is 0.476. The van der Waals surface area contributed by atoms with E-state index in [2.05, 4.69) is 69.4 Å². The number of hydrogen-bond acceptors (Lipinski definition) is 2. The molecule has 0 amide bonds. The van der Waals surface area contributed by atoms with Crippen molar-refractivity contribution in [2.75, 3.05) is 25.0 Å². The van der Waals surface area contributed by atoms with Gasteiger partial charge in [0.15, 0.2) is 0 Å². The highest BCUT2D eigenvalue weighted by molar-refractivity contribution is 9.09. The minimum atomic E-state index is 0.476. The number of rotatable bonds is 6. The van der Waals surface area contributed by atoms with Gasteiger partial charge in [-0.1, -0.05) is 64.5 Å². The third-order valence-corrected chi connectivity index (χ3v) is 4.28. The lowest BCUT2D eigenvalue weighted by Gasteiger charge is -2.24. The summed E-state index contributed by atoms with van der Waals surface area (Å²) in [6.07, 6.45) is 0. The van der Waals surface area contributed by atoms with Crippen LogP contribution in [-0.4, -0.2) is 29.9 Å². The first kappa shape index (κ1) is 14.6. The van der Waals surface area contributed by atoms with Gasteiger partial charge in [0.25, 0.3) is 0 Å². The van der Waals surface area contributed by atoms with Crippen LogP contribution in [0.4, 0.5) is 0 Å². The maximum atomic E-state index is 5.80. The molecule has 2 aromatic rings. The molecule has 2 nitrogen and oxygen atoms in total. The second-order valence-corrected chi connectivity index (χ2v) is 6.25. The van der Waals surface area contributed by atoms with E-state index in [4.69, 9.17) is 4.74 Å². The molecule has 0 bridgehead atoms. The molecule has 0 spiro atoms. The quantitative estimate of drug-likeness (QED) is 0.732. The van der Waals surface area contributed by atoms with Gasteiger partial charge in [0, 0.05) is 36.4 Å². The number of fused-ring (bicyclic) bond motifs is 1. The molecule has 1 atom stereocenters. The predicted molar refractivity (Wildman–Crippen MR) is 90.2 cm³/mol. The van der Waals surface area contributed by atoms with Crippen molar-refractivity contribution in [3.8, 4) is 5.75 Å². The molecule has 1 aliphatic heterocycles. The van der Waals surface area contributed by atoms with E-state index in [1.807, 2.05) is 6.07 Å². The smallest absolute Gasteiger partial charge is 0.122 e. The summed E-state index contributed by atoms with van der Waals surface area (Å²) in [5.41, 5.74) is 2.72. The Kier molecular flexibility index (Phi) is 4.94. The predicted octanol–water partition coefficient (Wildman–Crippen LogP) is 4.06.